The predicted molar refractivity (Wildman–Crippen MR) is 117 cm³/mol. The van der Waals surface area contributed by atoms with Gasteiger partial charge in [0.1, 0.15) is 22.8 Å². The van der Waals surface area contributed by atoms with Crippen molar-refractivity contribution in [3.05, 3.63) is 65.8 Å². The van der Waals surface area contributed by atoms with Crippen molar-refractivity contribution in [3.63, 3.8) is 0 Å². The molecular weight excluding hydrogens is 411 g/mol. The fourth-order valence-corrected chi connectivity index (χ4v) is 2.87. The zero-order chi connectivity index (χ0) is 22.9. The highest BCUT2D eigenvalue weighted by molar-refractivity contribution is 5.89. The Morgan fingerprint density at radius 1 is 1.09 bits per heavy atom. The Hall–Kier alpha value is -4.19. The molecule has 0 unspecified atom stereocenters. The fraction of sp³-hybridized carbons (Fsp3) is 0.217. The molecule has 0 saturated carbocycles. The molecule has 4 rings (SSSR count). The van der Waals surface area contributed by atoms with E-state index < -0.39 is 17.6 Å². The van der Waals surface area contributed by atoms with Crippen LogP contribution in [0, 0.1) is 24.7 Å². The molecule has 0 N–H and O–H groups in total. The normalized spacial score (nSPS) is 11.2. The summed E-state index contributed by atoms with van der Waals surface area (Å²) in [5, 5.41) is 3.85. The number of halogens is 1. The number of fused-ring (bicyclic) bond motifs is 1. The minimum atomic E-state index is -0.780. The van der Waals surface area contributed by atoms with E-state index >= 15 is 0 Å². The second kappa shape index (κ2) is 8.15. The van der Waals surface area contributed by atoms with Crippen molar-refractivity contribution in [2.24, 2.45) is 0 Å². The van der Waals surface area contributed by atoms with Crippen molar-refractivity contribution in [3.8, 4) is 23.4 Å². The van der Waals surface area contributed by atoms with Gasteiger partial charge in [0, 0.05) is 19.4 Å². The first-order valence-electron chi connectivity index (χ1n) is 9.76. The van der Waals surface area contributed by atoms with Crippen LogP contribution in [0.2, 0.25) is 0 Å². The number of benzene rings is 1. The van der Waals surface area contributed by atoms with Crippen molar-refractivity contribution in [1.82, 2.24) is 29.7 Å². The van der Waals surface area contributed by atoms with E-state index in [1.54, 1.807) is 64.4 Å². The molecule has 0 atom stereocenters. The molecule has 1 aromatic carbocycles. The van der Waals surface area contributed by atoms with Crippen molar-refractivity contribution in [2.45, 2.75) is 33.3 Å². The van der Waals surface area contributed by atoms with Crippen LogP contribution in [0.15, 0.2) is 42.7 Å². The smallest absolute Gasteiger partial charge is 0.435 e. The lowest BCUT2D eigenvalue weighted by Gasteiger charge is -2.19. The lowest BCUT2D eigenvalue weighted by atomic mass is 10.1. The average Bonchev–Trinajstić information content (AvgIpc) is 3.07. The van der Waals surface area contributed by atoms with E-state index in [4.69, 9.17) is 4.74 Å². The van der Waals surface area contributed by atoms with Crippen LogP contribution >= 0.6 is 0 Å². The SMILES string of the molecule is Cc1nccc(-c2nccc(C#Cc3ccc4c(c3)c(F)nn4C(=O)OC(C)(C)C)n2)n1.[HH]. The number of carbonyl (C=O) groups excluding carboxylic acids is 1. The van der Waals surface area contributed by atoms with Gasteiger partial charge in [0.05, 0.1) is 10.9 Å². The largest absolute Gasteiger partial charge is 0.442 e. The Balaban J connectivity index is 0.00000306. The van der Waals surface area contributed by atoms with Crippen LogP contribution in [0.1, 0.15) is 39.3 Å². The molecule has 9 heteroatoms. The van der Waals surface area contributed by atoms with E-state index in [0.29, 0.717) is 34.1 Å². The molecule has 0 amide bonds. The number of nitrogens with zero attached hydrogens (tertiary/aromatic N) is 6. The maximum absolute atomic E-state index is 14.4. The molecule has 0 fully saturated rings. The van der Waals surface area contributed by atoms with Gasteiger partial charge in [0.15, 0.2) is 5.82 Å². The number of ether oxygens (including phenoxy) is 1. The van der Waals surface area contributed by atoms with Crippen LogP contribution in [0.4, 0.5) is 9.18 Å². The first-order chi connectivity index (χ1) is 15.2. The van der Waals surface area contributed by atoms with E-state index in [2.05, 4.69) is 36.9 Å². The maximum atomic E-state index is 14.4. The van der Waals surface area contributed by atoms with Crippen molar-refractivity contribution in [2.75, 3.05) is 0 Å². The van der Waals surface area contributed by atoms with Gasteiger partial charge in [-0.3, -0.25) is 0 Å². The Morgan fingerprint density at radius 3 is 2.62 bits per heavy atom. The summed E-state index contributed by atoms with van der Waals surface area (Å²) in [5.74, 6) is 6.17. The summed E-state index contributed by atoms with van der Waals surface area (Å²) < 4.78 is 20.6. The molecule has 0 bridgehead atoms. The Kier molecular flexibility index (Phi) is 5.36. The second-order valence-corrected chi connectivity index (χ2v) is 7.92. The summed E-state index contributed by atoms with van der Waals surface area (Å²) in [6.07, 6.45) is 2.48. The minimum absolute atomic E-state index is 0. The molecule has 0 aliphatic rings. The zero-order valence-corrected chi connectivity index (χ0v) is 17.9. The molecule has 0 saturated heterocycles. The van der Waals surface area contributed by atoms with Gasteiger partial charge in [-0.25, -0.2) is 24.7 Å². The van der Waals surface area contributed by atoms with E-state index in [0.717, 1.165) is 4.68 Å². The summed E-state index contributed by atoms with van der Waals surface area (Å²) in [5.41, 5.74) is 1.19. The van der Waals surface area contributed by atoms with Crippen LogP contribution in [0.3, 0.4) is 0 Å². The van der Waals surface area contributed by atoms with Crippen molar-refractivity contribution < 1.29 is 15.3 Å². The van der Waals surface area contributed by atoms with Gasteiger partial charge in [-0.15, -0.1) is 5.10 Å². The molecular formula is C23H21FN6O2. The van der Waals surface area contributed by atoms with Gasteiger partial charge in [-0.05, 0) is 63.9 Å². The summed E-state index contributed by atoms with van der Waals surface area (Å²) in [4.78, 5) is 29.3. The number of carbonyl (C=O) groups is 1. The lowest BCUT2D eigenvalue weighted by Crippen LogP contribution is -2.27. The molecule has 4 aromatic rings. The third-order valence-electron chi connectivity index (χ3n) is 4.20. The third kappa shape index (κ3) is 4.59. The highest BCUT2D eigenvalue weighted by Gasteiger charge is 2.22. The number of hydrogen-bond donors (Lipinski definition) is 0. The molecule has 0 aliphatic heterocycles. The standard InChI is InChI=1S/C23H19FN6O2.H2/c1-14-25-12-10-18(27-14)21-26-11-9-16(28-21)7-5-15-6-8-19-17(13-15)20(24)29-30(19)22(31)32-23(2,3)4;/h6,8-13H,1-4H3;1H. The van der Waals surface area contributed by atoms with Gasteiger partial charge in [0.2, 0.25) is 5.95 Å². The predicted octanol–water partition coefficient (Wildman–Crippen LogP) is 4.16. The summed E-state index contributed by atoms with van der Waals surface area (Å²) in [6, 6.07) is 8.17. The average molecular weight is 432 g/mol. The Morgan fingerprint density at radius 2 is 1.88 bits per heavy atom. The van der Waals surface area contributed by atoms with Gasteiger partial charge in [-0.2, -0.15) is 9.07 Å². The molecule has 0 spiro atoms. The molecule has 8 nitrogen and oxygen atoms in total. The number of aromatic nitrogens is 6. The molecule has 32 heavy (non-hydrogen) atoms. The van der Waals surface area contributed by atoms with Crippen LogP contribution in [-0.2, 0) is 4.74 Å². The molecule has 0 radical (unpaired) electrons. The monoisotopic (exact) mass is 432 g/mol. The topological polar surface area (TPSA) is 95.7 Å². The van der Waals surface area contributed by atoms with Gasteiger partial charge in [-0.1, -0.05) is 5.92 Å². The highest BCUT2D eigenvalue weighted by Crippen LogP contribution is 2.21. The summed E-state index contributed by atoms with van der Waals surface area (Å²) in [7, 11) is 0. The number of hydrogen-bond acceptors (Lipinski definition) is 7. The first-order valence-corrected chi connectivity index (χ1v) is 9.76. The van der Waals surface area contributed by atoms with E-state index in [9.17, 15) is 9.18 Å². The molecule has 0 aliphatic carbocycles. The first kappa shape index (κ1) is 21.1. The van der Waals surface area contributed by atoms with Gasteiger partial charge in [0.25, 0.3) is 0 Å². The molecule has 162 valence electrons. The van der Waals surface area contributed by atoms with Gasteiger partial charge >= 0.3 is 6.09 Å². The van der Waals surface area contributed by atoms with E-state index in [1.165, 1.54) is 6.07 Å². The molecule has 3 aromatic heterocycles. The van der Waals surface area contributed by atoms with Gasteiger partial charge < -0.3 is 4.74 Å². The minimum Gasteiger partial charge on any atom is -0.442 e. The maximum Gasteiger partial charge on any atom is 0.435 e. The third-order valence-corrected chi connectivity index (χ3v) is 4.20. The van der Waals surface area contributed by atoms with Crippen LogP contribution < -0.4 is 0 Å². The Labute approximate surface area is 185 Å². The lowest BCUT2D eigenvalue weighted by molar-refractivity contribution is 0.0519. The molecule has 3 heterocycles. The summed E-state index contributed by atoms with van der Waals surface area (Å²) >= 11 is 0. The second-order valence-electron chi connectivity index (χ2n) is 7.92. The van der Waals surface area contributed by atoms with Crippen molar-refractivity contribution >= 4 is 17.0 Å². The van der Waals surface area contributed by atoms with Crippen LogP contribution in [-0.4, -0.2) is 41.4 Å². The fourth-order valence-electron chi connectivity index (χ4n) is 2.87. The number of aryl methyl sites for hydroxylation is 1. The number of rotatable bonds is 1. The van der Waals surface area contributed by atoms with Crippen LogP contribution in [0.25, 0.3) is 22.4 Å². The van der Waals surface area contributed by atoms with E-state index in [-0.39, 0.29) is 6.81 Å². The Bertz CT molecular complexity index is 1400. The quantitative estimate of drug-likeness (QED) is 0.417. The van der Waals surface area contributed by atoms with Crippen molar-refractivity contribution in [1.29, 1.82) is 0 Å². The zero-order valence-electron chi connectivity index (χ0n) is 17.9. The summed E-state index contributed by atoms with van der Waals surface area (Å²) in [6.45, 7) is 6.97. The van der Waals surface area contributed by atoms with Crippen LogP contribution in [0.5, 0.6) is 0 Å². The highest BCUT2D eigenvalue weighted by atomic mass is 19.1. The van der Waals surface area contributed by atoms with E-state index in [1.807, 2.05) is 0 Å².